The average Bonchev–Trinajstić information content (AvgIpc) is 2.58. The van der Waals surface area contributed by atoms with Gasteiger partial charge in [0, 0.05) is 13.6 Å². The van der Waals surface area contributed by atoms with Gasteiger partial charge in [0.1, 0.15) is 0 Å². The number of hydrogen-bond donors (Lipinski definition) is 0. The average molecular weight is 268 g/mol. The molecule has 0 unspecified atom stereocenters. The molecule has 0 bridgehead atoms. The summed E-state index contributed by atoms with van der Waals surface area (Å²) >= 11 is 0. The molecule has 0 aliphatic carbocycles. The molecule has 1 aliphatic heterocycles. The van der Waals surface area contributed by atoms with E-state index in [1.54, 1.807) is 24.2 Å². The van der Waals surface area contributed by atoms with Crippen molar-refractivity contribution in [3.63, 3.8) is 0 Å². The molecule has 0 atom stereocenters. The highest BCUT2D eigenvalue weighted by atomic mass is 16.2. The Morgan fingerprint density at radius 2 is 1.90 bits per heavy atom. The summed E-state index contributed by atoms with van der Waals surface area (Å²) in [5, 5.41) is 8.13. The second kappa shape index (κ2) is 4.92. The van der Waals surface area contributed by atoms with Crippen molar-refractivity contribution in [2.24, 2.45) is 0 Å². The Bertz CT molecular complexity index is 656. The normalized spacial score (nSPS) is 13.8. The molecule has 1 aromatic carbocycles. The topological polar surface area (TPSA) is 49.3 Å². The fourth-order valence-corrected chi connectivity index (χ4v) is 2.52. The van der Waals surface area contributed by atoms with Crippen molar-refractivity contribution in [2.75, 3.05) is 23.4 Å². The van der Waals surface area contributed by atoms with Crippen molar-refractivity contribution in [3.8, 4) is 0 Å². The van der Waals surface area contributed by atoms with E-state index in [2.05, 4.69) is 22.0 Å². The van der Waals surface area contributed by atoms with Crippen molar-refractivity contribution < 1.29 is 4.79 Å². The second-order valence-electron chi connectivity index (χ2n) is 4.77. The van der Waals surface area contributed by atoms with Gasteiger partial charge in [-0.3, -0.25) is 4.79 Å². The van der Waals surface area contributed by atoms with Crippen molar-refractivity contribution in [3.05, 3.63) is 42.1 Å². The van der Waals surface area contributed by atoms with E-state index in [0.717, 1.165) is 24.3 Å². The third-order valence-electron chi connectivity index (χ3n) is 3.47. The van der Waals surface area contributed by atoms with Crippen LogP contribution in [0.2, 0.25) is 0 Å². The van der Waals surface area contributed by atoms with Crippen LogP contribution in [0, 0.1) is 0 Å². The number of hydrogen-bond acceptors (Lipinski definition) is 4. The highest BCUT2D eigenvalue weighted by molar-refractivity contribution is 6.12. The highest BCUT2D eigenvalue weighted by Crippen LogP contribution is 2.38. The van der Waals surface area contributed by atoms with Crippen LogP contribution in [-0.4, -0.2) is 29.7 Å². The summed E-state index contributed by atoms with van der Waals surface area (Å²) in [6.07, 6.45) is 2.52. The van der Waals surface area contributed by atoms with Crippen LogP contribution in [0.1, 0.15) is 23.7 Å². The third kappa shape index (κ3) is 1.82. The van der Waals surface area contributed by atoms with Gasteiger partial charge in [-0.05, 0) is 24.6 Å². The summed E-state index contributed by atoms with van der Waals surface area (Å²) in [6, 6.07) is 9.61. The Balaban J connectivity index is 2.27. The van der Waals surface area contributed by atoms with Crippen molar-refractivity contribution >= 4 is 23.1 Å². The summed E-state index contributed by atoms with van der Waals surface area (Å²) in [5.74, 6) is 0.581. The number of amides is 1. The van der Waals surface area contributed by atoms with E-state index < -0.39 is 0 Å². The van der Waals surface area contributed by atoms with E-state index in [4.69, 9.17) is 0 Å². The van der Waals surface area contributed by atoms with Gasteiger partial charge in [0.25, 0.3) is 5.91 Å². The lowest BCUT2D eigenvalue weighted by atomic mass is 10.2. The first-order chi connectivity index (χ1) is 9.74. The van der Waals surface area contributed by atoms with Gasteiger partial charge >= 0.3 is 0 Å². The molecule has 3 rings (SSSR count). The third-order valence-corrected chi connectivity index (χ3v) is 3.47. The molecular formula is C15H16N4O. The lowest BCUT2D eigenvalue weighted by Crippen LogP contribution is -2.25. The van der Waals surface area contributed by atoms with Crippen molar-refractivity contribution in [1.82, 2.24) is 10.2 Å². The first kappa shape index (κ1) is 12.6. The number of aromatic nitrogens is 2. The number of carbonyl (C=O) groups is 1. The van der Waals surface area contributed by atoms with Crippen LogP contribution in [0.4, 0.5) is 17.2 Å². The molecule has 5 nitrogen and oxygen atoms in total. The van der Waals surface area contributed by atoms with Gasteiger partial charge in [0.15, 0.2) is 5.82 Å². The molecule has 0 N–H and O–H groups in total. The lowest BCUT2D eigenvalue weighted by Gasteiger charge is -2.24. The maximum atomic E-state index is 12.6. The van der Waals surface area contributed by atoms with E-state index >= 15 is 0 Å². The molecule has 2 aromatic rings. The molecule has 0 spiro atoms. The van der Waals surface area contributed by atoms with Gasteiger partial charge in [-0.2, -0.15) is 5.10 Å². The molecular weight excluding hydrogens is 252 g/mol. The number of nitrogens with zero attached hydrogens (tertiary/aromatic N) is 4. The first-order valence-electron chi connectivity index (χ1n) is 6.70. The van der Waals surface area contributed by atoms with E-state index in [1.165, 1.54) is 0 Å². The molecule has 2 heterocycles. The van der Waals surface area contributed by atoms with Crippen molar-refractivity contribution in [1.29, 1.82) is 0 Å². The Kier molecular flexibility index (Phi) is 3.10. The van der Waals surface area contributed by atoms with Gasteiger partial charge in [-0.25, -0.2) is 0 Å². The smallest absolute Gasteiger partial charge is 0.261 e. The zero-order valence-electron chi connectivity index (χ0n) is 11.6. The minimum atomic E-state index is -0.0547. The fraction of sp³-hybridized carbons (Fsp3) is 0.267. The maximum absolute atomic E-state index is 12.6. The van der Waals surface area contributed by atoms with Gasteiger partial charge in [0.2, 0.25) is 0 Å². The molecule has 0 fully saturated rings. The minimum Gasteiger partial charge on any atom is -0.322 e. The second-order valence-corrected chi connectivity index (χ2v) is 4.77. The summed E-state index contributed by atoms with van der Waals surface area (Å²) in [7, 11) is 1.79. The molecule has 1 amide bonds. The van der Waals surface area contributed by atoms with Crippen LogP contribution in [0.3, 0.4) is 0 Å². The lowest BCUT2D eigenvalue weighted by molar-refractivity contribution is 0.0994. The van der Waals surface area contributed by atoms with E-state index in [1.807, 2.05) is 24.3 Å². The maximum Gasteiger partial charge on any atom is 0.261 e. The van der Waals surface area contributed by atoms with Crippen LogP contribution in [0.25, 0.3) is 0 Å². The van der Waals surface area contributed by atoms with Crippen LogP contribution in [0.15, 0.2) is 36.5 Å². The molecule has 102 valence electrons. The van der Waals surface area contributed by atoms with Crippen LogP contribution in [0.5, 0.6) is 0 Å². The molecule has 0 saturated carbocycles. The number of rotatable bonds is 2. The Morgan fingerprint density at radius 3 is 2.65 bits per heavy atom. The molecule has 5 heteroatoms. The minimum absolute atomic E-state index is 0.0547. The standard InChI is InChI=1S/C15H16N4O/c1-3-10-19-13-7-5-4-6-12(13)18(2)15(20)11-8-9-16-17-14(11)19/h4-9H,3,10H2,1-2H3. The zero-order chi connectivity index (χ0) is 14.1. The Labute approximate surface area is 117 Å². The SMILES string of the molecule is CCCN1c2ccccc2N(C)C(=O)c2ccnnc21. The van der Waals surface area contributed by atoms with Gasteiger partial charge < -0.3 is 9.80 Å². The van der Waals surface area contributed by atoms with Gasteiger partial charge in [0.05, 0.1) is 23.1 Å². The van der Waals surface area contributed by atoms with Crippen molar-refractivity contribution in [2.45, 2.75) is 13.3 Å². The summed E-state index contributed by atoms with van der Waals surface area (Å²) < 4.78 is 0. The summed E-state index contributed by atoms with van der Waals surface area (Å²) in [5.41, 5.74) is 2.47. The van der Waals surface area contributed by atoms with Crippen LogP contribution < -0.4 is 9.80 Å². The quantitative estimate of drug-likeness (QED) is 0.840. The number of fused-ring (bicyclic) bond motifs is 2. The van der Waals surface area contributed by atoms with Gasteiger partial charge in [-0.1, -0.05) is 19.1 Å². The molecule has 1 aliphatic rings. The Hall–Kier alpha value is -2.43. The summed E-state index contributed by atoms with van der Waals surface area (Å²) in [6.45, 7) is 2.90. The number of anilines is 3. The molecule has 20 heavy (non-hydrogen) atoms. The van der Waals surface area contributed by atoms with Crippen LogP contribution in [-0.2, 0) is 0 Å². The van der Waals surface area contributed by atoms with Crippen LogP contribution >= 0.6 is 0 Å². The number of carbonyl (C=O) groups excluding carboxylic acids is 1. The fourth-order valence-electron chi connectivity index (χ4n) is 2.52. The number of benzene rings is 1. The van der Waals surface area contributed by atoms with Gasteiger partial charge in [-0.15, -0.1) is 5.10 Å². The molecule has 0 radical (unpaired) electrons. The molecule has 0 saturated heterocycles. The largest absolute Gasteiger partial charge is 0.322 e. The highest BCUT2D eigenvalue weighted by Gasteiger charge is 2.29. The zero-order valence-corrected chi connectivity index (χ0v) is 11.6. The van der Waals surface area contributed by atoms with E-state index in [0.29, 0.717) is 11.4 Å². The number of para-hydroxylation sites is 2. The summed E-state index contributed by atoms with van der Waals surface area (Å²) in [4.78, 5) is 16.3. The molecule has 1 aromatic heterocycles. The van der Waals surface area contributed by atoms with E-state index in [9.17, 15) is 4.79 Å². The monoisotopic (exact) mass is 268 g/mol. The predicted molar refractivity (Wildman–Crippen MR) is 78.5 cm³/mol. The first-order valence-corrected chi connectivity index (χ1v) is 6.70. The Morgan fingerprint density at radius 1 is 1.15 bits per heavy atom. The van der Waals surface area contributed by atoms with E-state index in [-0.39, 0.29) is 5.91 Å². The predicted octanol–water partition coefficient (Wildman–Crippen LogP) is 2.61.